The fourth-order valence-electron chi connectivity index (χ4n) is 3.58. The second kappa shape index (κ2) is 5.67. The summed E-state index contributed by atoms with van der Waals surface area (Å²) in [5, 5.41) is 9.69. The van der Waals surface area contributed by atoms with Gasteiger partial charge in [0.05, 0.1) is 0 Å². The average Bonchev–Trinajstić information content (AvgIpc) is 3.04. The zero-order valence-corrected chi connectivity index (χ0v) is 13.0. The lowest BCUT2D eigenvalue weighted by atomic mass is 9.92. The zero-order valence-electron chi connectivity index (χ0n) is 13.0. The average molecular weight is 323 g/mol. The maximum absolute atomic E-state index is 12.9. The van der Waals surface area contributed by atoms with Crippen LogP contribution >= 0.6 is 0 Å². The molecule has 0 aliphatic carbocycles. The first kappa shape index (κ1) is 14.8. The molecule has 0 fully saturated rings. The number of carboxylic acids is 1. The molecule has 2 aromatic carbocycles. The van der Waals surface area contributed by atoms with E-state index in [4.69, 9.17) is 4.74 Å². The van der Waals surface area contributed by atoms with Gasteiger partial charge in [-0.25, -0.2) is 4.79 Å². The minimum absolute atomic E-state index is 0.256. The fourth-order valence-corrected chi connectivity index (χ4v) is 3.58. The second-order valence-electron chi connectivity index (χ2n) is 6.14. The zero-order chi connectivity index (χ0) is 16.7. The third kappa shape index (κ3) is 2.33. The molecule has 5 heteroatoms. The highest BCUT2D eigenvalue weighted by Gasteiger charge is 2.40. The van der Waals surface area contributed by atoms with Gasteiger partial charge in [0.1, 0.15) is 5.75 Å². The van der Waals surface area contributed by atoms with Crippen LogP contribution in [0, 0.1) is 0 Å². The topological polar surface area (TPSA) is 66.8 Å². The first-order chi connectivity index (χ1) is 11.6. The van der Waals surface area contributed by atoms with Crippen LogP contribution in [0.15, 0.2) is 48.5 Å². The van der Waals surface area contributed by atoms with Crippen molar-refractivity contribution in [2.24, 2.45) is 0 Å². The molecule has 0 unspecified atom stereocenters. The van der Waals surface area contributed by atoms with Crippen LogP contribution in [0.3, 0.4) is 0 Å². The van der Waals surface area contributed by atoms with Gasteiger partial charge in [0.2, 0.25) is 0 Å². The number of rotatable bonds is 2. The van der Waals surface area contributed by atoms with Crippen LogP contribution in [0.25, 0.3) is 0 Å². The van der Waals surface area contributed by atoms with Crippen LogP contribution in [0.4, 0.5) is 0 Å². The first-order valence-electron chi connectivity index (χ1n) is 8.01. The molecule has 2 aliphatic rings. The van der Waals surface area contributed by atoms with E-state index >= 15 is 0 Å². The summed E-state index contributed by atoms with van der Waals surface area (Å²) in [6, 6.07) is 14.0. The number of benzene rings is 2. The number of amides is 1. The SMILES string of the molecule is O=C(O)[C@@H]1c2ccccc2CCN1C(=O)[C@@H]1Cc2ccccc2O1. The Morgan fingerprint density at radius 3 is 2.50 bits per heavy atom. The van der Waals surface area contributed by atoms with Crippen molar-refractivity contribution < 1.29 is 19.4 Å². The minimum Gasteiger partial charge on any atom is -0.480 e. The summed E-state index contributed by atoms with van der Waals surface area (Å²) in [7, 11) is 0. The molecule has 24 heavy (non-hydrogen) atoms. The van der Waals surface area contributed by atoms with Crippen LogP contribution in [0.2, 0.25) is 0 Å². The Morgan fingerprint density at radius 2 is 1.75 bits per heavy atom. The summed E-state index contributed by atoms with van der Waals surface area (Å²) >= 11 is 0. The van der Waals surface area contributed by atoms with E-state index in [2.05, 4.69) is 0 Å². The van der Waals surface area contributed by atoms with E-state index in [-0.39, 0.29) is 5.91 Å². The summed E-state index contributed by atoms with van der Waals surface area (Å²) < 4.78 is 5.75. The van der Waals surface area contributed by atoms with Crippen molar-refractivity contribution in [2.75, 3.05) is 6.54 Å². The standard InChI is InChI=1S/C19H17NO4/c21-18(16-11-13-6-2-4-8-15(13)24-16)20-10-9-12-5-1-3-7-14(12)17(20)19(22)23/h1-8,16-17H,9-11H2,(H,22,23)/t16-,17-/m0/s1. The van der Waals surface area contributed by atoms with Crippen molar-refractivity contribution in [2.45, 2.75) is 25.0 Å². The largest absolute Gasteiger partial charge is 0.480 e. The molecule has 2 aliphatic heterocycles. The molecular weight excluding hydrogens is 306 g/mol. The molecule has 1 amide bonds. The Kier molecular flexibility index (Phi) is 3.49. The number of para-hydroxylation sites is 1. The predicted octanol–water partition coefficient (Wildman–Crippen LogP) is 2.20. The molecule has 2 heterocycles. The van der Waals surface area contributed by atoms with Crippen molar-refractivity contribution in [1.29, 1.82) is 0 Å². The van der Waals surface area contributed by atoms with Gasteiger partial charge in [-0.1, -0.05) is 42.5 Å². The number of carbonyl (C=O) groups excluding carboxylic acids is 1. The molecular formula is C19H17NO4. The Labute approximate surface area is 139 Å². The Hall–Kier alpha value is -2.82. The van der Waals surface area contributed by atoms with Gasteiger partial charge in [-0.3, -0.25) is 4.79 Å². The number of carbonyl (C=O) groups is 2. The molecule has 1 N–H and O–H groups in total. The van der Waals surface area contributed by atoms with Gasteiger partial charge in [0, 0.05) is 13.0 Å². The number of aliphatic carboxylic acids is 1. The van der Waals surface area contributed by atoms with Crippen LogP contribution in [-0.2, 0) is 22.4 Å². The molecule has 0 spiro atoms. The number of ether oxygens (including phenoxy) is 1. The number of carboxylic acid groups (broad SMARTS) is 1. The fraction of sp³-hybridized carbons (Fsp3) is 0.263. The van der Waals surface area contributed by atoms with Crippen LogP contribution < -0.4 is 4.74 Å². The molecule has 2 atom stereocenters. The summed E-state index contributed by atoms with van der Waals surface area (Å²) in [5.74, 6) is -0.556. The lowest BCUT2D eigenvalue weighted by molar-refractivity contribution is -0.154. The third-order valence-corrected chi connectivity index (χ3v) is 4.72. The first-order valence-corrected chi connectivity index (χ1v) is 8.01. The molecule has 0 bridgehead atoms. The van der Waals surface area contributed by atoms with E-state index in [1.807, 2.05) is 42.5 Å². The van der Waals surface area contributed by atoms with E-state index in [9.17, 15) is 14.7 Å². The van der Waals surface area contributed by atoms with Gasteiger partial charge < -0.3 is 14.7 Å². The Balaban J connectivity index is 1.62. The summed E-state index contributed by atoms with van der Waals surface area (Å²) in [6.07, 6.45) is 0.500. The molecule has 2 aromatic rings. The smallest absolute Gasteiger partial charge is 0.331 e. The van der Waals surface area contributed by atoms with Crippen molar-refractivity contribution >= 4 is 11.9 Å². The summed E-state index contributed by atoms with van der Waals surface area (Å²) in [4.78, 5) is 26.2. The molecule has 0 saturated carbocycles. The molecule has 122 valence electrons. The van der Waals surface area contributed by atoms with Gasteiger partial charge in [-0.05, 0) is 29.2 Å². The number of fused-ring (bicyclic) bond motifs is 2. The van der Waals surface area contributed by atoms with Gasteiger partial charge >= 0.3 is 5.97 Å². The maximum atomic E-state index is 12.9. The normalized spacial score (nSPS) is 21.6. The molecule has 5 nitrogen and oxygen atoms in total. The molecule has 0 aromatic heterocycles. The lowest BCUT2D eigenvalue weighted by Crippen LogP contribution is -2.48. The van der Waals surface area contributed by atoms with Crippen molar-refractivity contribution in [3.05, 3.63) is 65.2 Å². The van der Waals surface area contributed by atoms with Crippen molar-refractivity contribution in [1.82, 2.24) is 4.90 Å². The highest BCUT2D eigenvalue weighted by molar-refractivity contribution is 5.89. The maximum Gasteiger partial charge on any atom is 0.331 e. The molecule has 0 radical (unpaired) electrons. The number of hydrogen-bond acceptors (Lipinski definition) is 3. The van der Waals surface area contributed by atoms with Gasteiger partial charge in [-0.2, -0.15) is 0 Å². The van der Waals surface area contributed by atoms with E-state index in [0.717, 1.165) is 11.1 Å². The van der Waals surface area contributed by atoms with Crippen molar-refractivity contribution in [3.8, 4) is 5.75 Å². The van der Waals surface area contributed by atoms with Gasteiger partial charge in [-0.15, -0.1) is 0 Å². The van der Waals surface area contributed by atoms with E-state index in [0.29, 0.717) is 30.7 Å². The second-order valence-corrected chi connectivity index (χ2v) is 6.14. The number of nitrogens with zero attached hydrogens (tertiary/aromatic N) is 1. The van der Waals surface area contributed by atoms with Crippen LogP contribution in [0.1, 0.15) is 22.7 Å². The highest BCUT2D eigenvalue weighted by Crippen LogP contribution is 2.34. The predicted molar refractivity (Wildman–Crippen MR) is 86.8 cm³/mol. The lowest BCUT2D eigenvalue weighted by Gasteiger charge is -2.35. The quantitative estimate of drug-likeness (QED) is 0.920. The van der Waals surface area contributed by atoms with E-state index in [1.54, 1.807) is 6.07 Å². The summed E-state index contributed by atoms with van der Waals surface area (Å²) in [6.45, 7) is 0.392. The monoisotopic (exact) mass is 323 g/mol. The van der Waals surface area contributed by atoms with Crippen LogP contribution in [0.5, 0.6) is 5.75 Å². The minimum atomic E-state index is -1.01. The van der Waals surface area contributed by atoms with Crippen molar-refractivity contribution in [3.63, 3.8) is 0 Å². The Bertz CT molecular complexity index is 792. The van der Waals surface area contributed by atoms with Crippen LogP contribution in [-0.4, -0.2) is 34.5 Å². The van der Waals surface area contributed by atoms with E-state index in [1.165, 1.54) is 4.90 Å². The van der Waals surface area contributed by atoms with E-state index < -0.39 is 18.1 Å². The van der Waals surface area contributed by atoms with Gasteiger partial charge in [0.15, 0.2) is 12.1 Å². The number of hydrogen-bond donors (Lipinski definition) is 1. The Morgan fingerprint density at radius 1 is 1.04 bits per heavy atom. The third-order valence-electron chi connectivity index (χ3n) is 4.72. The summed E-state index contributed by atoms with van der Waals surface area (Å²) in [5.41, 5.74) is 2.67. The highest BCUT2D eigenvalue weighted by atomic mass is 16.5. The molecule has 4 rings (SSSR count). The van der Waals surface area contributed by atoms with Gasteiger partial charge in [0.25, 0.3) is 5.91 Å². The molecule has 0 saturated heterocycles.